The molecule has 0 aliphatic heterocycles. The Kier molecular flexibility index (Phi) is 8.53. The fraction of sp³-hybridized carbons (Fsp3) is 0. The summed E-state index contributed by atoms with van der Waals surface area (Å²) in [6, 6.07) is 88.4. The van der Waals surface area contributed by atoms with Crippen LogP contribution in [-0.4, -0.2) is 4.57 Å². The monoisotopic (exact) mass is 788 g/mol. The summed E-state index contributed by atoms with van der Waals surface area (Å²) in [7, 11) is 0. The van der Waals surface area contributed by atoms with Crippen LogP contribution in [0.25, 0.3) is 93.2 Å². The molecule has 62 heavy (non-hydrogen) atoms. The van der Waals surface area contributed by atoms with Crippen molar-refractivity contribution in [3.8, 4) is 39.1 Å². The van der Waals surface area contributed by atoms with Gasteiger partial charge in [0.05, 0.1) is 16.7 Å². The van der Waals surface area contributed by atoms with Gasteiger partial charge in [0.25, 0.3) is 0 Å². The van der Waals surface area contributed by atoms with Gasteiger partial charge in [0, 0.05) is 33.2 Å². The molecule has 0 fully saturated rings. The number of para-hydroxylation sites is 2. The Labute approximate surface area is 360 Å². The maximum atomic E-state index is 2.43. The molecule has 290 valence electrons. The average Bonchev–Trinajstić information content (AvgIpc) is 3.68. The van der Waals surface area contributed by atoms with Crippen LogP contribution in [-0.2, 0) is 0 Å². The summed E-state index contributed by atoms with van der Waals surface area (Å²) in [4.78, 5) is 2.37. The second kappa shape index (κ2) is 14.8. The average molecular weight is 789 g/mol. The molecule has 0 amide bonds. The van der Waals surface area contributed by atoms with Gasteiger partial charge in [0.1, 0.15) is 0 Å². The highest BCUT2D eigenvalue weighted by Crippen LogP contribution is 2.46. The van der Waals surface area contributed by atoms with E-state index in [2.05, 4.69) is 252 Å². The number of benzene rings is 11. The standard InChI is InChI=1S/C60H40N2/c1-4-18-43(19-5-1)59-53-28-13-12-26-50(53)51-37-33-45(39-55(51)60(59)44-20-6-2-7-21-44)41-31-34-47(35-32-41)61(46-23-8-3-9-24-46)48-36-38-58-54(40-48)52-27-14-15-29-57(52)62(58)56-30-16-22-42-17-10-11-25-49(42)56/h1-40H. The number of rotatable bonds is 7. The van der Waals surface area contributed by atoms with Crippen LogP contribution in [0, 0.1) is 0 Å². The molecule has 2 nitrogen and oxygen atoms in total. The van der Waals surface area contributed by atoms with Gasteiger partial charge < -0.3 is 9.47 Å². The fourth-order valence-corrected chi connectivity index (χ4v) is 9.77. The molecule has 0 aliphatic carbocycles. The molecule has 0 unspecified atom stereocenters. The van der Waals surface area contributed by atoms with E-state index in [4.69, 9.17) is 0 Å². The first-order valence-electron chi connectivity index (χ1n) is 21.3. The SMILES string of the molecule is c1ccc(-c2c(-c3ccccc3)c3cc(-c4ccc(N(c5ccccc5)c5ccc6c(c5)c5ccccc5n6-c5cccc6ccccc56)cc4)ccc3c3ccccc23)cc1. The van der Waals surface area contributed by atoms with Gasteiger partial charge in [0.2, 0.25) is 0 Å². The molecule has 0 N–H and O–H groups in total. The van der Waals surface area contributed by atoms with E-state index in [1.807, 2.05) is 0 Å². The third-order valence-corrected chi connectivity index (χ3v) is 12.5. The molecule has 0 aliphatic rings. The van der Waals surface area contributed by atoms with E-state index in [1.54, 1.807) is 0 Å². The van der Waals surface area contributed by atoms with Crippen LogP contribution in [0.3, 0.4) is 0 Å². The zero-order valence-corrected chi connectivity index (χ0v) is 34.0. The van der Waals surface area contributed by atoms with E-state index in [1.165, 1.54) is 93.2 Å². The van der Waals surface area contributed by atoms with E-state index in [0.717, 1.165) is 17.1 Å². The summed E-state index contributed by atoms with van der Waals surface area (Å²) in [5.41, 5.74) is 14.2. The van der Waals surface area contributed by atoms with Crippen LogP contribution < -0.4 is 4.90 Å². The van der Waals surface area contributed by atoms with Gasteiger partial charge in [-0.15, -0.1) is 0 Å². The molecular formula is C60H40N2. The largest absolute Gasteiger partial charge is 0.310 e. The Morgan fingerprint density at radius 1 is 0.258 bits per heavy atom. The second-order valence-electron chi connectivity index (χ2n) is 16.1. The van der Waals surface area contributed by atoms with Crippen LogP contribution >= 0.6 is 0 Å². The summed E-state index contributed by atoms with van der Waals surface area (Å²) < 4.78 is 2.43. The molecule has 0 saturated carbocycles. The highest BCUT2D eigenvalue weighted by molar-refractivity contribution is 6.22. The van der Waals surface area contributed by atoms with Gasteiger partial charge >= 0.3 is 0 Å². The molecule has 1 aromatic heterocycles. The number of aromatic nitrogens is 1. The normalized spacial score (nSPS) is 11.5. The first-order valence-corrected chi connectivity index (χ1v) is 21.3. The first-order chi connectivity index (χ1) is 30.8. The lowest BCUT2D eigenvalue weighted by atomic mass is 9.84. The van der Waals surface area contributed by atoms with Crippen LogP contribution in [0.4, 0.5) is 17.1 Å². The molecule has 0 bridgehead atoms. The molecule has 0 atom stereocenters. The van der Waals surface area contributed by atoms with Gasteiger partial charge in [-0.25, -0.2) is 0 Å². The fourth-order valence-electron chi connectivity index (χ4n) is 9.77. The van der Waals surface area contributed by atoms with Gasteiger partial charge in [0.15, 0.2) is 0 Å². The van der Waals surface area contributed by atoms with Gasteiger partial charge in [-0.3, -0.25) is 0 Å². The van der Waals surface area contributed by atoms with Crippen LogP contribution in [0.1, 0.15) is 0 Å². The van der Waals surface area contributed by atoms with E-state index in [-0.39, 0.29) is 0 Å². The predicted octanol–water partition coefficient (Wildman–Crippen LogP) is 16.7. The van der Waals surface area contributed by atoms with E-state index >= 15 is 0 Å². The topological polar surface area (TPSA) is 8.17 Å². The lowest BCUT2D eigenvalue weighted by Gasteiger charge is -2.26. The Morgan fingerprint density at radius 3 is 1.52 bits per heavy atom. The van der Waals surface area contributed by atoms with Gasteiger partial charge in [-0.05, 0) is 121 Å². The Morgan fingerprint density at radius 2 is 0.774 bits per heavy atom. The quantitative estimate of drug-likeness (QED) is 0.146. The first kappa shape index (κ1) is 35.7. The predicted molar refractivity (Wildman–Crippen MR) is 264 cm³/mol. The second-order valence-corrected chi connectivity index (χ2v) is 16.1. The van der Waals surface area contributed by atoms with Crippen molar-refractivity contribution in [1.29, 1.82) is 0 Å². The third-order valence-electron chi connectivity index (χ3n) is 12.5. The minimum atomic E-state index is 1.10. The van der Waals surface area contributed by atoms with Gasteiger partial charge in [-0.2, -0.15) is 0 Å². The van der Waals surface area contributed by atoms with Crippen molar-refractivity contribution in [2.75, 3.05) is 4.90 Å². The lowest BCUT2D eigenvalue weighted by molar-refractivity contribution is 1.20. The van der Waals surface area contributed by atoms with Crippen molar-refractivity contribution < 1.29 is 0 Å². The van der Waals surface area contributed by atoms with Crippen molar-refractivity contribution in [3.63, 3.8) is 0 Å². The van der Waals surface area contributed by atoms with Crippen molar-refractivity contribution in [2.24, 2.45) is 0 Å². The minimum Gasteiger partial charge on any atom is -0.310 e. The van der Waals surface area contributed by atoms with E-state index in [0.29, 0.717) is 0 Å². The zero-order valence-electron chi connectivity index (χ0n) is 34.0. The van der Waals surface area contributed by atoms with Crippen molar-refractivity contribution in [1.82, 2.24) is 4.57 Å². The highest BCUT2D eigenvalue weighted by Gasteiger charge is 2.20. The Bertz CT molecular complexity index is 3600. The lowest BCUT2D eigenvalue weighted by Crippen LogP contribution is -2.09. The number of hydrogen-bond donors (Lipinski definition) is 0. The summed E-state index contributed by atoms with van der Waals surface area (Å²) in [5.74, 6) is 0. The van der Waals surface area contributed by atoms with E-state index < -0.39 is 0 Å². The number of nitrogens with zero attached hydrogens (tertiary/aromatic N) is 2. The molecule has 0 radical (unpaired) electrons. The Hall–Kier alpha value is -8.20. The van der Waals surface area contributed by atoms with Crippen molar-refractivity contribution in [3.05, 3.63) is 243 Å². The molecule has 12 rings (SSSR count). The summed E-state index contributed by atoms with van der Waals surface area (Å²) in [6.07, 6.45) is 0. The third kappa shape index (κ3) is 5.88. The minimum absolute atomic E-state index is 1.10. The molecule has 12 aromatic rings. The van der Waals surface area contributed by atoms with Crippen molar-refractivity contribution in [2.45, 2.75) is 0 Å². The van der Waals surface area contributed by atoms with Crippen molar-refractivity contribution >= 4 is 71.2 Å². The summed E-state index contributed by atoms with van der Waals surface area (Å²) in [5, 5.41) is 9.95. The maximum Gasteiger partial charge on any atom is 0.0542 e. The molecular weight excluding hydrogens is 749 g/mol. The number of anilines is 3. The molecule has 1 heterocycles. The maximum absolute atomic E-state index is 2.43. The van der Waals surface area contributed by atoms with Gasteiger partial charge in [-0.1, -0.05) is 182 Å². The zero-order chi connectivity index (χ0) is 41.0. The molecule has 0 saturated heterocycles. The van der Waals surface area contributed by atoms with Crippen LogP contribution in [0.5, 0.6) is 0 Å². The van der Waals surface area contributed by atoms with E-state index in [9.17, 15) is 0 Å². The smallest absolute Gasteiger partial charge is 0.0542 e. The summed E-state index contributed by atoms with van der Waals surface area (Å²) >= 11 is 0. The van der Waals surface area contributed by atoms with Crippen LogP contribution in [0.15, 0.2) is 243 Å². The summed E-state index contributed by atoms with van der Waals surface area (Å²) in [6.45, 7) is 0. The molecule has 0 spiro atoms. The van der Waals surface area contributed by atoms with Crippen LogP contribution in [0.2, 0.25) is 0 Å². The Balaban J connectivity index is 1.00. The highest BCUT2D eigenvalue weighted by atomic mass is 15.1. The number of hydrogen-bond acceptors (Lipinski definition) is 1. The molecule has 11 aromatic carbocycles. The molecule has 2 heteroatoms. The number of fused-ring (bicyclic) bond motifs is 7.